The molecule has 0 aromatic carbocycles. The van der Waals surface area contributed by atoms with Gasteiger partial charge < -0.3 is 15.8 Å². The first-order chi connectivity index (χ1) is 6.10. The Morgan fingerprint density at radius 2 is 2.15 bits per heavy atom. The molecule has 0 aromatic heterocycles. The summed E-state index contributed by atoms with van der Waals surface area (Å²) in [5.41, 5.74) is 5.45. The molecule has 3 N–H and O–H groups in total. The Kier molecular flexibility index (Phi) is 5.11. The SMILES string of the molecule is C=C/C(=C\C=C(/C)OC)NC(N)=O. The molecule has 0 atom stereocenters. The van der Waals surface area contributed by atoms with Crippen molar-refractivity contribution in [3.8, 4) is 0 Å². The second-order valence-corrected chi connectivity index (χ2v) is 2.30. The first kappa shape index (κ1) is 11.3. The lowest BCUT2D eigenvalue weighted by Crippen LogP contribution is -2.27. The van der Waals surface area contributed by atoms with Gasteiger partial charge in [-0.25, -0.2) is 4.79 Å². The highest BCUT2D eigenvalue weighted by Gasteiger charge is 1.92. The van der Waals surface area contributed by atoms with Gasteiger partial charge in [0.2, 0.25) is 0 Å². The number of carbonyl (C=O) groups excluding carboxylic acids is 1. The molecule has 0 aliphatic heterocycles. The fraction of sp³-hybridized carbons (Fsp3) is 0.222. The Labute approximate surface area is 77.8 Å². The van der Waals surface area contributed by atoms with Crippen LogP contribution in [0.25, 0.3) is 0 Å². The van der Waals surface area contributed by atoms with Crippen LogP contribution in [0.4, 0.5) is 4.79 Å². The van der Waals surface area contributed by atoms with Crippen LogP contribution in [0.3, 0.4) is 0 Å². The molecule has 2 amide bonds. The van der Waals surface area contributed by atoms with Crippen LogP contribution in [0.2, 0.25) is 0 Å². The van der Waals surface area contributed by atoms with Crippen LogP contribution in [0.1, 0.15) is 6.92 Å². The van der Waals surface area contributed by atoms with E-state index >= 15 is 0 Å². The van der Waals surface area contributed by atoms with Gasteiger partial charge >= 0.3 is 6.03 Å². The summed E-state index contributed by atoms with van der Waals surface area (Å²) >= 11 is 0. The predicted octanol–water partition coefficient (Wildman–Crippen LogP) is 1.27. The second-order valence-electron chi connectivity index (χ2n) is 2.30. The Morgan fingerprint density at radius 3 is 2.54 bits per heavy atom. The number of carbonyl (C=O) groups is 1. The minimum atomic E-state index is -0.616. The number of ether oxygens (including phenoxy) is 1. The third kappa shape index (κ3) is 5.55. The molecule has 0 aromatic rings. The van der Waals surface area contributed by atoms with Gasteiger partial charge in [-0.1, -0.05) is 6.58 Å². The second kappa shape index (κ2) is 5.88. The molecule has 0 aliphatic rings. The molecular formula is C9H14N2O2. The quantitative estimate of drug-likeness (QED) is 0.508. The van der Waals surface area contributed by atoms with Gasteiger partial charge in [0.15, 0.2) is 0 Å². The van der Waals surface area contributed by atoms with E-state index in [-0.39, 0.29) is 0 Å². The van der Waals surface area contributed by atoms with Gasteiger partial charge in [0.25, 0.3) is 0 Å². The van der Waals surface area contributed by atoms with E-state index in [2.05, 4.69) is 11.9 Å². The molecule has 0 fully saturated rings. The molecular weight excluding hydrogens is 168 g/mol. The van der Waals surface area contributed by atoms with E-state index in [1.807, 2.05) is 0 Å². The van der Waals surface area contributed by atoms with Gasteiger partial charge in [0.1, 0.15) is 0 Å². The van der Waals surface area contributed by atoms with Crippen molar-refractivity contribution >= 4 is 6.03 Å². The first-order valence-electron chi connectivity index (χ1n) is 3.71. The van der Waals surface area contributed by atoms with Crippen molar-refractivity contribution in [2.24, 2.45) is 5.73 Å². The number of primary amides is 1. The van der Waals surface area contributed by atoms with E-state index in [0.717, 1.165) is 5.76 Å². The number of urea groups is 1. The lowest BCUT2D eigenvalue weighted by molar-refractivity contribution is 0.251. The molecule has 0 rings (SSSR count). The van der Waals surface area contributed by atoms with Gasteiger partial charge in [0, 0.05) is 5.70 Å². The molecule has 72 valence electrons. The molecule has 4 nitrogen and oxygen atoms in total. The Morgan fingerprint density at radius 1 is 1.54 bits per heavy atom. The lowest BCUT2D eigenvalue weighted by atomic mass is 10.3. The maximum absolute atomic E-state index is 10.5. The van der Waals surface area contributed by atoms with Crippen LogP contribution in [0.15, 0.2) is 36.3 Å². The summed E-state index contributed by atoms with van der Waals surface area (Å²) < 4.78 is 4.89. The van der Waals surface area contributed by atoms with Gasteiger partial charge in [0.05, 0.1) is 12.9 Å². The summed E-state index contributed by atoms with van der Waals surface area (Å²) in [5, 5.41) is 2.39. The number of amides is 2. The Hall–Kier alpha value is -1.71. The number of allylic oxidation sites excluding steroid dienone is 4. The maximum atomic E-state index is 10.5. The van der Waals surface area contributed by atoms with E-state index < -0.39 is 6.03 Å². The number of nitrogens with two attached hydrogens (primary N) is 1. The van der Waals surface area contributed by atoms with Crippen molar-refractivity contribution in [3.63, 3.8) is 0 Å². The maximum Gasteiger partial charge on any atom is 0.316 e. The van der Waals surface area contributed by atoms with Gasteiger partial charge in [-0.15, -0.1) is 0 Å². The van der Waals surface area contributed by atoms with Crippen molar-refractivity contribution in [2.75, 3.05) is 7.11 Å². The number of rotatable bonds is 4. The highest BCUT2D eigenvalue weighted by atomic mass is 16.5. The third-order valence-electron chi connectivity index (χ3n) is 1.31. The van der Waals surface area contributed by atoms with Crippen LogP contribution in [0.5, 0.6) is 0 Å². The molecule has 0 radical (unpaired) electrons. The summed E-state index contributed by atoms with van der Waals surface area (Å²) in [5.74, 6) is 0.727. The number of hydrogen-bond acceptors (Lipinski definition) is 2. The number of nitrogens with one attached hydrogen (secondary N) is 1. The first-order valence-corrected chi connectivity index (χ1v) is 3.71. The molecule has 4 heteroatoms. The van der Waals surface area contributed by atoms with Gasteiger partial charge in [-0.3, -0.25) is 0 Å². The van der Waals surface area contributed by atoms with Crippen molar-refractivity contribution in [3.05, 3.63) is 36.3 Å². The number of methoxy groups -OCH3 is 1. The van der Waals surface area contributed by atoms with Gasteiger partial charge in [-0.2, -0.15) is 0 Å². The highest BCUT2D eigenvalue weighted by molar-refractivity contribution is 5.74. The molecule has 0 saturated carbocycles. The van der Waals surface area contributed by atoms with Gasteiger partial charge in [-0.05, 0) is 25.2 Å². The fourth-order valence-electron chi connectivity index (χ4n) is 0.578. The standard InChI is InChI=1S/C9H14N2O2/c1-4-8(11-9(10)12)6-5-7(2)13-3/h4-6H,1H2,2-3H3,(H3,10,11,12)/b7-5+,8-6+. The minimum absolute atomic E-state index is 0.531. The van der Waals surface area contributed by atoms with E-state index in [9.17, 15) is 4.79 Å². The summed E-state index contributed by atoms with van der Waals surface area (Å²) in [4.78, 5) is 10.5. The summed E-state index contributed by atoms with van der Waals surface area (Å²) in [6.07, 6.45) is 4.84. The van der Waals surface area contributed by atoms with E-state index in [1.165, 1.54) is 6.08 Å². The minimum Gasteiger partial charge on any atom is -0.501 e. The summed E-state index contributed by atoms with van der Waals surface area (Å²) in [6, 6.07) is -0.616. The summed E-state index contributed by atoms with van der Waals surface area (Å²) in [7, 11) is 1.56. The normalized spacial score (nSPS) is 12.2. The Balaban J connectivity index is 4.39. The topological polar surface area (TPSA) is 64.3 Å². The largest absolute Gasteiger partial charge is 0.501 e. The lowest BCUT2D eigenvalue weighted by Gasteiger charge is -2.00. The average Bonchev–Trinajstić information content (AvgIpc) is 2.10. The monoisotopic (exact) mass is 182 g/mol. The van der Waals surface area contributed by atoms with Crippen LogP contribution in [-0.2, 0) is 4.74 Å². The molecule has 0 spiro atoms. The zero-order valence-corrected chi connectivity index (χ0v) is 7.83. The molecule has 0 unspecified atom stereocenters. The van der Waals surface area contributed by atoms with E-state index in [0.29, 0.717) is 5.70 Å². The molecule has 0 heterocycles. The average molecular weight is 182 g/mol. The van der Waals surface area contributed by atoms with Crippen LogP contribution >= 0.6 is 0 Å². The molecule has 13 heavy (non-hydrogen) atoms. The molecule has 0 bridgehead atoms. The zero-order chi connectivity index (χ0) is 10.3. The van der Waals surface area contributed by atoms with Crippen molar-refractivity contribution in [2.45, 2.75) is 6.92 Å². The smallest absolute Gasteiger partial charge is 0.316 e. The molecule has 0 aliphatic carbocycles. The molecule has 0 saturated heterocycles. The highest BCUT2D eigenvalue weighted by Crippen LogP contribution is 1.96. The summed E-state index contributed by atoms with van der Waals surface area (Å²) in [6.45, 7) is 5.30. The van der Waals surface area contributed by atoms with E-state index in [1.54, 1.807) is 26.2 Å². The van der Waals surface area contributed by atoms with Crippen LogP contribution in [0, 0.1) is 0 Å². The van der Waals surface area contributed by atoms with Crippen molar-refractivity contribution < 1.29 is 9.53 Å². The zero-order valence-electron chi connectivity index (χ0n) is 7.83. The Bertz CT molecular complexity index is 254. The predicted molar refractivity (Wildman–Crippen MR) is 51.8 cm³/mol. The fourth-order valence-corrected chi connectivity index (χ4v) is 0.578. The van der Waals surface area contributed by atoms with Crippen LogP contribution < -0.4 is 11.1 Å². The van der Waals surface area contributed by atoms with Crippen LogP contribution in [-0.4, -0.2) is 13.1 Å². The van der Waals surface area contributed by atoms with Crippen molar-refractivity contribution in [1.29, 1.82) is 0 Å². The van der Waals surface area contributed by atoms with Crippen molar-refractivity contribution in [1.82, 2.24) is 5.32 Å². The third-order valence-corrected chi connectivity index (χ3v) is 1.31. The number of hydrogen-bond donors (Lipinski definition) is 2. The van der Waals surface area contributed by atoms with E-state index in [4.69, 9.17) is 10.5 Å².